The lowest BCUT2D eigenvalue weighted by molar-refractivity contribution is 0.161. The summed E-state index contributed by atoms with van der Waals surface area (Å²) in [5.74, 6) is 1.58. The van der Waals surface area contributed by atoms with Gasteiger partial charge in [-0.2, -0.15) is 0 Å². The zero-order valence-electron chi connectivity index (χ0n) is 23.8. The van der Waals surface area contributed by atoms with Crippen molar-refractivity contribution >= 4 is 10.9 Å². The molecular formula is C32H36N6O2. The van der Waals surface area contributed by atoms with Crippen LogP contribution in [0.15, 0.2) is 71.5 Å². The monoisotopic (exact) mass is 536 g/mol. The maximum Gasteiger partial charge on any atom is 0.252 e. The summed E-state index contributed by atoms with van der Waals surface area (Å²) in [4.78, 5) is 18.8. The van der Waals surface area contributed by atoms with Crippen LogP contribution in [-0.4, -0.2) is 37.2 Å². The van der Waals surface area contributed by atoms with Crippen molar-refractivity contribution in [2.24, 2.45) is 0 Å². The number of nitrogens with zero attached hydrogens (tertiary/aromatic N) is 5. The molecule has 0 aliphatic heterocycles. The Balaban J connectivity index is 1.52. The van der Waals surface area contributed by atoms with Gasteiger partial charge in [0.2, 0.25) is 0 Å². The Morgan fingerprint density at radius 1 is 0.925 bits per heavy atom. The summed E-state index contributed by atoms with van der Waals surface area (Å²) in [6, 6.07) is 22.6. The molecule has 1 N–H and O–H groups in total. The Labute approximate surface area is 234 Å². The van der Waals surface area contributed by atoms with E-state index in [-0.39, 0.29) is 11.6 Å². The van der Waals surface area contributed by atoms with Crippen molar-refractivity contribution in [3.63, 3.8) is 0 Å². The van der Waals surface area contributed by atoms with Crippen molar-refractivity contribution in [1.29, 1.82) is 0 Å². The lowest BCUT2D eigenvalue weighted by atomic mass is 10.0. The van der Waals surface area contributed by atoms with E-state index in [4.69, 9.17) is 4.74 Å². The van der Waals surface area contributed by atoms with Crippen molar-refractivity contribution in [2.45, 2.75) is 59.8 Å². The van der Waals surface area contributed by atoms with Gasteiger partial charge in [-0.05, 0) is 84.0 Å². The van der Waals surface area contributed by atoms with Gasteiger partial charge in [0.05, 0.1) is 25.2 Å². The van der Waals surface area contributed by atoms with Gasteiger partial charge in [-0.25, -0.2) is 4.68 Å². The van der Waals surface area contributed by atoms with E-state index in [0.29, 0.717) is 19.6 Å². The number of H-pyrrole nitrogens is 1. The van der Waals surface area contributed by atoms with E-state index in [1.807, 2.05) is 41.9 Å². The standard InChI is InChI=1S/C32H36N6O2/c1-6-29(31-34-35-36-38(31)19-25-11-13-28(40-5)14-12-25)37(18-24-9-7-21(2)8-10-24)20-27-17-26-16-22(3)15-23(4)30(26)33-32(27)39/h7-17,29H,6,18-20H2,1-5H3,(H,33,39)/t29-/m1/s1. The van der Waals surface area contributed by atoms with E-state index in [1.165, 1.54) is 16.7 Å². The van der Waals surface area contributed by atoms with Gasteiger partial charge >= 0.3 is 0 Å². The second kappa shape index (κ2) is 11.8. The Morgan fingerprint density at radius 2 is 1.65 bits per heavy atom. The van der Waals surface area contributed by atoms with Crippen LogP contribution in [0.1, 0.15) is 58.6 Å². The van der Waals surface area contributed by atoms with E-state index in [1.54, 1.807) is 7.11 Å². The molecule has 0 fully saturated rings. The molecule has 0 spiro atoms. The van der Waals surface area contributed by atoms with Crippen molar-refractivity contribution in [2.75, 3.05) is 7.11 Å². The van der Waals surface area contributed by atoms with Gasteiger partial charge in [0.15, 0.2) is 5.82 Å². The predicted octanol–water partition coefficient (Wildman–Crippen LogP) is 5.65. The number of hydrogen-bond acceptors (Lipinski definition) is 6. The molecule has 0 saturated carbocycles. The Hall–Kier alpha value is -4.30. The van der Waals surface area contributed by atoms with E-state index in [0.717, 1.165) is 45.6 Å². The average molecular weight is 537 g/mol. The van der Waals surface area contributed by atoms with Gasteiger partial charge in [0.1, 0.15) is 5.75 Å². The number of aromatic amines is 1. The third-order valence-corrected chi connectivity index (χ3v) is 7.43. The van der Waals surface area contributed by atoms with Gasteiger partial charge in [-0.3, -0.25) is 9.69 Å². The largest absolute Gasteiger partial charge is 0.497 e. The first-order valence-electron chi connectivity index (χ1n) is 13.7. The minimum absolute atomic E-state index is 0.0685. The quantitative estimate of drug-likeness (QED) is 0.248. The van der Waals surface area contributed by atoms with E-state index in [2.05, 4.69) is 82.6 Å². The van der Waals surface area contributed by atoms with Gasteiger partial charge < -0.3 is 9.72 Å². The van der Waals surface area contributed by atoms with E-state index < -0.39 is 0 Å². The fourth-order valence-corrected chi connectivity index (χ4v) is 5.34. The normalized spacial score (nSPS) is 12.2. The van der Waals surface area contributed by atoms with Crippen LogP contribution < -0.4 is 10.3 Å². The Morgan fingerprint density at radius 3 is 2.35 bits per heavy atom. The third kappa shape index (κ3) is 5.97. The molecular weight excluding hydrogens is 500 g/mol. The van der Waals surface area contributed by atoms with Crippen molar-refractivity contribution in [3.8, 4) is 5.75 Å². The molecule has 0 bridgehead atoms. The summed E-state index contributed by atoms with van der Waals surface area (Å²) in [6.45, 7) is 9.98. The highest BCUT2D eigenvalue weighted by Crippen LogP contribution is 2.28. The second-order valence-corrected chi connectivity index (χ2v) is 10.5. The lowest BCUT2D eigenvalue weighted by Gasteiger charge is -2.30. The number of tetrazole rings is 1. The maximum absolute atomic E-state index is 13.3. The smallest absolute Gasteiger partial charge is 0.252 e. The van der Waals surface area contributed by atoms with Gasteiger partial charge in [0.25, 0.3) is 5.56 Å². The van der Waals surface area contributed by atoms with Crippen molar-refractivity contribution < 1.29 is 4.74 Å². The molecule has 5 aromatic rings. The van der Waals surface area contributed by atoms with E-state index >= 15 is 0 Å². The highest BCUT2D eigenvalue weighted by Gasteiger charge is 2.26. The zero-order chi connectivity index (χ0) is 28.2. The summed E-state index contributed by atoms with van der Waals surface area (Å²) in [5, 5.41) is 13.9. The minimum atomic E-state index is -0.108. The number of pyridine rings is 1. The van der Waals surface area contributed by atoms with Gasteiger partial charge in [-0.1, -0.05) is 60.5 Å². The number of aromatic nitrogens is 5. The zero-order valence-corrected chi connectivity index (χ0v) is 23.8. The number of nitrogens with one attached hydrogen (secondary N) is 1. The molecule has 8 heteroatoms. The lowest BCUT2D eigenvalue weighted by Crippen LogP contribution is -2.32. The number of benzene rings is 3. The third-order valence-electron chi connectivity index (χ3n) is 7.43. The number of hydrogen-bond donors (Lipinski definition) is 1. The molecule has 0 aliphatic carbocycles. The van der Waals surface area contributed by atoms with E-state index in [9.17, 15) is 4.79 Å². The molecule has 0 radical (unpaired) electrons. The first-order chi connectivity index (χ1) is 19.3. The summed E-state index contributed by atoms with van der Waals surface area (Å²) >= 11 is 0. The highest BCUT2D eigenvalue weighted by atomic mass is 16.5. The van der Waals surface area contributed by atoms with Crippen LogP contribution in [0.2, 0.25) is 0 Å². The summed E-state index contributed by atoms with van der Waals surface area (Å²) in [6.07, 6.45) is 0.776. The van der Waals surface area contributed by atoms with Gasteiger partial charge in [-0.15, -0.1) is 5.10 Å². The van der Waals surface area contributed by atoms with Crippen LogP contribution in [0, 0.1) is 20.8 Å². The summed E-state index contributed by atoms with van der Waals surface area (Å²) in [7, 11) is 1.66. The number of aryl methyl sites for hydroxylation is 3. The van der Waals surface area contributed by atoms with Crippen molar-refractivity contribution in [1.82, 2.24) is 30.1 Å². The second-order valence-electron chi connectivity index (χ2n) is 10.5. The highest BCUT2D eigenvalue weighted by molar-refractivity contribution is 5.82. The maximum atomic E-state index is 13.3. The number of fused-ring (bicyclic) bond motifs is 1. The van der Waals surface area contributed by atoms with Crippen LogP contribution in [0.3, 0.4) is 0 Å². The molecule has 5 rings (SSSR count). The number of rotatable bonds is 10. The summed E-state index contributed by atoms with van der Waals surface area (Å²) < 4.78 is 7.16. The average Bonchev–Trinajstić information content (AvgIpc) is 3.39. The van der Waals surface area contributed by atoms with Gasteiger partial charge in [0, 0.05) is 18.7 Å². The first-order valence-corrected chi connectivity index (χ1v) is 13.7. The Kier molecular flexibility index (Phi) is 8.07. The fourth-order valence-electron chi connectivity index (χ4n) is 5.34. The van der Waals surface area contributed by atoms with Crippen LogP contribution in [-0.2, 0) is 19.6 Å². The molecule has 40 heavy (non-hydrogen) atoms. The molecule has 8 nitrogen and oxygen atoms in total. The molecule has 0 saturated heterocycles. The SMILES string of the molecule is CC[C@H](c1nnnn1Cc1ccc(OC)cc1)N(Cc1ccc(C)cc1)Cc1cc2cc(C)cc(C)c2[nH]c1=O. The Bertz CT molecular complexity index is 1650. The molecule has 0 unspecified atom stereocenters. The van der Waals surface area contributed by atoms with Crippen LogP contribution in [0.25, 0.3) is 10.9 Å². The topological polar surface area (TPSA) is 88.9 Å². The number of methoxy groups -OCH3 is 1. The van der Waals surface area contributed by atoms with Crippen LogP contribution in [0.4, 0.5) is 0 Å². The molecule has 1 atom stereocenters. The first kappa shape index (κ1) is 27.3. The van der Waals surface area contributed by atoms with Crippen LogP contribution >= 0.6 is 0 Å². The number of ether oxygens (including phenoxy) is 1. The molecule has 3 aromatic carbocycles. The molecule has 0 amide bonds. The van der Waals surface area contributed by atoms with Crippen molar-refractivity contribution in [3.05, 3.63) is 116 Å². The molecule has 2 aromatic heterocycles. The predicted molar refractivity (Wildman–Crippen MR) is 157 cm³/mol. The van der Waals surface area contributed by atoms with Crippen LogP contribution in [0.5, 0.6) is 5.75 Å². The molecule has 206 valence electrons. The molecule has 0 aliphatic rings. The fraction of sp³-hybridized carbons (Fsp3) is 0.312. The minimum Gasteiger partial charge on any atom is -0.497 e. The summed E-state index contributed by atoms with van der Waals surface area (Å²) in [5.41, 5.74) is 7.23. The molecule has 2 heterocycles.